The second kappa shape index (κ2) is 17.4. The molecule has 0 bridgehead atoms. The van der Waals surface area contributed by atoms with Gasteiger partial charge in [-0.05, 0) is 127 Å². The highest BCUT2D eigenvalue weighted by Gasteiger charge is 2.75. The van der Waals surface area contributed by atoms with E-state index in [2.05, 4.69) is 27.4 Å². The Kier molecular flexibility index (Phi) is 13.3. The van der Waals surface area contributed by atoms with Crippen LogP contribution in [0, 0.1) is 23.7 Å². The SMILES string of the molecule is C=C1C[C@@H](OCc2ccccc2)[C@@]2(O)[C@@H](OC(=O)[C@@]2(C)O[Si](C)(C)C)C2=C(C)[C@H](C)C[C@H]12.CC1=C2[C@@H]3OC(=O)[C@@](C)(O[Si](C)(C)C)[C@@]3(O)[C@H](OCc3ccccc3)C[C@](C)(O)[C@H]2C[C@H]1C. The van der Waals surface area contributed by atoms with E-state index >= 15 is 0 Å². The highest BCUT2D eigenvalue weighted by molar-refractivity contribution is 6.70. The molecule has 0 unspecified atom stereocenters. The normalized spacial score (nSPS) is 39.1. The number of rotatable bonds is 10. The highest BCUT2D eigenvalue weighted by atomic mass is 28.4. The second-order valence-electron chi connectivity index (χ2n) is 22.4. The molecule has 2 heterocycles. The quantitative estimate of drug-likeness (QED) is 0.119. The van der Waals surface area contributed by atoms with Crippen LogP contribution in [0.2, 0.25) is 39.3 Å². The first kappa shape index (κ1) is 49.7. The van der Waals surface area contributed by atoms with Crippen LogP contribution in [0.4, 0.5) is 0 Å². The van der Waals surface area contributed by atoms with Gasteiger partial charge >= 0.3 is 11.9 Å². The van der Waals surface area contributed by atoms with Crippen molar-refractivity contribution in [3.05, 3.63) is 106 Å². The molecule has 11 nitrogen and oxygen atoms in total. The summed E-state index contributed by atoms with van der Waals surface area (Å²) in [5.41, 5.74) is -0.643. The molecule has 2 saturated carbocycles. The van der Waals surface area contributed by atoms with Gasteiger partial charge in [0.15, 0.2) is 51.2 Å². The lowest BCUT2D eigenvalue weighted by Crippen LogP contribution is -2.67. The Morgan fingerprint density at radius 2 is 1.08 bits per heavy atom. The Hall–Kier alpha value is -3.25. The standard InChI is InChI=1S/C26H38O6Si.C26H36O5Si/c1-16-13-19-21(17(16)2)22-26(29,25(4,23(27)31-22)32-33(5,6)7)20(14-24(19,3)28)30-15-18-11-9-8-10-12-18;1-16-13-20-17(2)14-21(29-15-19-11-9-8-10-12-19)26(28)23(22(20)18(16)3)30-24(27)25(26,4)31-32(5,6)7/h8-12,16,19-20,22,28-29H,13-15H2,1-7H3;8-12,16,20-21,23,28H,2,13-15H2,1,3-7H3/t16-,19+,20-,22+,24+,25-,26-;16-,20-,21-,23+,25-,26-/m11/s1. The summed E-state index contributed by atoms with van der Waals surface area (Å²) in [6.07, 6.45) is -0.989. The molecule has 0 amide bonds. The predicted octanol–water partition coefficient (Wildman–Crippen LogP) is 8.74. The van der Waals surface area contributed by atoms with Crippen molar-refractivity contribution in [2.75, 3.05) is 0 Å². The minimum absolute atomic E-state index is 0.0777. The van der Waals surface area contributed by atoms with Crippen LogP contribution in [0.5, 0.6) is 0 Å². The molecule has 0 spiro atoms. The average Bonchev–Trinajstić information content (AvgIpc) is 3.78. The molecule has 6 aliphatic rings. The van der Waals surface area contributed by atoms with Gasteiger partial charge in [-0.3, -0.25) is 0 Å². The molecule has 0 radical (unpaired) electrons. The maximum atomic E-state index is 13.4. The lowest BCUT2D eigenvalue weighted by atomic mass is 9.75. The molecule has 13 heteroatoms. The van der Waals surface area contributed by atoms with Crippen LogP contribution in [-0.2, 0) is 50.6 Å². The van der Waals surface area contributed by atoms with Gasteiger partial charge in [0.05, 0.1) is 31.0 Å². The van der Waals surface area contributed by atoms with Gasteiger partial charge in [-0.1, -0.05) is 97.8 Å². The molecule has 2 aromatic carbocycles. The number of benzene rings is 2. The molecule has 2 aliphatic heterocycles. The topological polar surface area (TPSA) is 150 Å². The minimum Gasteiger partial charge on any atom is -0.452 e. The van der Waals surface area contributed by atoms with Crippen molar-refractivity contribution in [1.29, 1.82) is 0 Å². The molecule has 4 aliphatic carbocycles. The van der Waals surface area contributed by atoms with Gasteiger partial charge in [0.25, 0.3) is 0 Å². The van der Waals surface area contributed by atoms with E-state index in [1.165, 1.54) is 5.57 Å². The molecule has 65 heavy (non-hydrogen) atoms. The Balaban J connectivity index is 0.000000194. The summed E-state index contributed by atoms with van der Waals surface area (Å²) in [7, 11) is -4.52. The second-order valence-corrected chi connectivity index (χ2v) is 31.2. The molecule has 3 N–H and O–H groups in total. The number of hydrogen-bond donors (Lipinski definition) is 3. The van der Waals surface area contributed by atoms with E-state index in [-0.39, 0.29) is 30.8 Å². The van der Waals surface area contributed by atoms with E-state index in [9.17, 15) is 24.9 Å². The number of carbonyl (C=O) groups excluding carboxylic acids is 2. The number of fused-ring (bicyclic) bond motifs is 6. The zero-order valence-corrected chi connectivity index (χ0v) is 42.9. The van der Waals surface area contributed by atoms with Crippen molar-refractivity contribution in [2.24, 2.45) is 23.7 Å². The van der Waals surface area contributed by atoms with Crippen molar-refractivity contribution in [3.63, 3.8) is 0 Å². The molecule has 356 valence electrons. The van der Waals surface area contributed by atoms with Crippen LogP contribution in [0.3, 0.4) is 0 Å². The van der Waals surface area contributed by atoms with Crippen LogP contribution in [0.15, 0.2) is 95.1 Å². The van der Waals surface area contributed by atoms with Gasteiger partial charge in [0, 0.05) is 18.3 Å². The van der Waals surface area contributed by atoms with Crippen molar-refractivity contribution < 1.29 is 52.7 Å². The third kappa shape index (κ3) is 8.65. The van der Waals surface area contributed by atoms with Gasteiger partial charge in [0.2, 0.25) is 0 Å². The number of hydrogen-bond acceptors (Lipinski definition) is 11. The Morgan fingerprint density at radius 3 is 1.55 bits per heavy atom. The largest absolute Gasteiger partial charge is 0.452 e. The molecule has 0 aromatic heterocycles. The molecular weight excluding hydrogens is 857 g/mol. The average molecular weight is 931 g/mol. The monoisotopic (exact) mass is 930 g/mol. The van der Waals surface area contributed by atoms with Crippen molar-refractivity contribution in [2.45, 2.75) is 179 Å². The summed E-state index contributed by atoms with van der Waals surface area (Å²) in [4.78, 5) is 26.7. The summed E-state index contributed by atoms with van der Waals surface area (Å²) in [6, 6.07) is 19.6. The molecular formula is C52H74O11Si2. The number of carbonyl (C=O) groups is 2. The van der Waals surface area contributed by atoms with Crippen molar-refractivity contribution in [1.82, 2.24) is 0 Å². The fraction of sp³-hybridized carbons (Fsp3) is 0.615. The van der Waals surface area contributed by atoms with Crippen LogP contribution in [-0.4, -0.2) is 96.3 Å². The van der Waals surface area contributed by atoms with E-state index in [4.69, 9.17) is 27.8 Å². The van der Waals surface area contributed by atoms with Gasteiger partial charge in [-0.2, -0.15) is 0 Å². The lowest BCUT2D eigenvalue weighted by Gasteiger charge is -2.45. The Bertz CT molecular complexity index is 2210. The minimum atomic E-state index is -2.29. The van der Waals surface area contributed by atoms with Gasteiger partial charge in [-0.25, -0.2) is 9.59 Å². The first-order valence-corrected chi connectivity index (χ1v) is 30.3. The van der Waals surface area contributed by atoms with E-state index in [1.807, 2.05) is 114 Å². The highest BCUT2D eigenvalue weighted by Crippen LogP contribution is 2.59. The van der Waals surface area contributed by atoms with Crippen LogP contribution in [0.25, 0.3) is 0 Å². The summed E-state index contributed by atoms with van der Waals surface area (Å²) in [5, 5.41) is 36.7. The smallest absolute Gasteiger partial charge is 0.341 e. The van der Waals surface area contributed by atoms with E-state index < -0.39 is 81.0 Å². The van der Waals surface area contributed by atoms with Crippen LogP contribution in [0.1, 0.15) is 85.3 Å². The molecule has 13 atom stereocenters. The first-order chi connectivity index (χ1) is 30.1. The van der Waals surface area contributed by atoms with E-state index in [0.29, 0.717) is 18.9 Å². The maximum absolute atomic E-state index is 13.4. The van der Waals surface area contributed by atoms with Crippen LogP contribution < -0.4 is 0 Å². The number of esters is 2. The third-order valence-corrected chi connectivity index (χ3v) is 17.4. The van der Waals surface area contributed by atoms with Gasteiger partial charge < -0.3 is 43.1 Å². The van der Waals surface area contributed by atoms with Crippen molar-refractivity contribution in [3.8, 4) is 0 Å². The molecule has 2 aromatic rings. The number of allylic oxidation sites excluding steroid dienone is 2. The Labute approximate surface area is 388 Å². The van der Waals surface area contributed by atoms with Crippen molar-refractivity contribution >= 4 is 28.6 Å². The summed E-state index contributed by atoms with van der Waals surface area (Å²) in [5.74, 6) is -0.643. The molecule has 8 rings (SSSR count). The zero-order chi connectivity index (χ0) is 47.9. The lowest BCUT2D eigenvalue weighted by molar-refractivity contribution is -0.202. The fourth-order valence-electron chi connectivity index (χ4n) is 11.8. The Morgan fingerprint density at radius 1 is 0.662 bits per heavy atom. The predicted molar refractivity (Wildman–Crippen MR) is 254 cm³/mol. The summed E-state index contributed by atoms with van der Waals surface area (Å²) < 4.78 is 37.6. The maximum Gasteiger partial charge on any atom is 0.341 e. The van der Waals surface area contributed by atoms with Gasteiger partial charge in [-0.15, -0.1) is 0 Å². The zero-order valence-electron chi connectivity index (χ0n) is 40.9. The first-order valence-electron chi connectivity index (χ1n) is 23.5. The third-order valence-electron chi connectivity index (χ3n) is 15.3. The number of ether oxygens (including phenoxy) is 4. The van der Waals surface area contributed by atoms with E-state index in [0.717, 1.165) is 46.3 Å². The fourth-order valence-corrected chi connectivity index (χ4v) is 14.7. The molecule has 4 fully saturated rings. The number of aliphatic hydroxyl groups is 3. The van der Waals surface area contributed by atoms with Gasteiger partial charge in [0.1, 0.15) is 0 Å². The van der Waals surface area contributed by atoms with Crippen LogP contribution >= 0.6 is 0 Å². The molecule has 2 saturated heterocycles. The summed E-state index contributed by atoms with van der Waals surface area (Å²) in [6.45, 7) is 30.5. The van der Waals surface area contributed by atoms with E-state index in [1.54, 1.807) is 13.8 Å². The summed E-state index contributed by atoms with van der Waals surface area (Å²) >= 11 is 0.